The Balaban J connectivity index is 0.000000173. The van der Waals surface area contributed by atoms with Crippen molar-refractivity contribution in [3.8, 4) is 0 Å². The zero-order valence-electron chi connectivity index (χ0n) is 34.5. The number of anilines is 4. The summed E-state index contributed by atoms with van der Waals surface area (Å²) in [5.74, 6) is 2.03. The highest BCUT2D eigenvalue weighted by Crippen LogP contribution is 2.25. The summed E-state index contributed by atoms with van der Waals surface area (Å²) < 4.78 is 1.79. The van der Waals surface area contributed by atoms with Gasteiger partial charge in [-0.25, -0.2) is 29.9 Å². The number of hydrogen-bond acceptors (Lipinski definition) is 14. The van der Waals surface area contributed by atoms with Crippen LogP contribution < -0.4 is 36.4 Å². The van der Waals surface area contributed by atoms with Crippen LogP contribution in [-0.4, -0.2) is 70.8 Å². The Morgan fingerprint density at radius 1 is 0.590 bits per heavy atom. The predicted molar refractivity (Wildman–Crippen MR) is 236 cm³/mol. The van der Waals surface area contributed by atoms with Crippen LogP contribution in [0.5, 0.6) is 0 Å². The number of hydrogen-bond donors (Lipinski definition) is 3. The minimum absolute atomic E-state index is 0.191. The van der Waals surface area contributed by atoms with Gasteiger partial charge in [0.2, 0.25) is 0 Å². The maximum Gasteiger partial charge on any atom is 0.287 e. The molecule has 0 unspecified atom stereocenters. The molecule has 2 aliphatic heterocycles. The minimum atomic E-state index is -0.540. The summed E-state index contributed by atoms with van der Waals surface area (Å²) >= 11 is 0. The Bertz CT molecular complexity index is 2700. The van der Waals surface area contributed by atoms with E-state index in [2.05, 4.69) is 62.5 Å². The highest BCUT2D eigenvalue weighted by atomic mass is 16.7. The third kappa shape index (κ3) is 9.53. The molecule has 7 aromatic rings. The molecule has 2 saturated heterocycles. The quantitative estimate of drug-likeness (QED) is 0.128. The summed E-state index contributed by atoms with van der Waals surface area (Å²) in [6.07, 6.45) is 14.0. The summed E-state index contributed by atoms with van der Waals surface area (Å²) in [6, 6.07) is 20.9. The van der Waals surface area contributed by atoms with Crippen molar-refractivity contribution in [1.29, 1.82) is 0 Å². The van der Waals surface area contributed by atoms with Crippen LogP contribution in [0.2, 0.25) is 0 Å². The zero-order valence-corrected chi connectivity index (χ0v) is 34.5. The normalized spacial score (nSPS) is 14.1. The van der Waals surface area contributed by atoms with Gasteiger partial charge in [0, 0.05) is 63.8 Å². The molecule has 0 aliphatic carbocycles. The number of benzene rings is 1. The number of pyridine rings is 4. The number of piperidine rings is 2. The van der Waals surface area contributed by atoms with Gasteiger partial charge in [0.05, 0.1) is 33.5 Å². The first-order valence-electron chi connectivity index (χ1n) is 20.8. The number of nitrogens with one attached hydrogen (secondary N) is 2. The van der Waals surface area contributed by atoms with Crippen molar-refractivity contribution >= 4 is 45.1 Å². The van der Waals surface area contributed by atoms with Gasteiger partial charge in [-0.2, -0.15) is 0 Å². The van der Waals surface area contributed by atoms with Gasteiger partial charge in [-0.1, -0.05) is 42.5 Å². The molecule has 9 rings (SSSR count). The fourth-order valence-electron chi connectivity index (χ4n) is 7.76. The molecule has 0 radical (unpaired) electrons. The summed E-state index contributed by atoms with van der Waals surface area (Å²) in [4.78, 5) is 61.6. The third-order valence-electron chi connectivity index (χ3n) is 11.1. The molecule has 0 atom stereocenters. The summed E-state index contributed by atoms with van der Waals surface area (Å²) in [6.45, 7) is 9.28. The van der Waals surface area contributed by atoms with E-state index in [0.29, 0.717) is 45.9 Å². The molecule has 1 aromatic carbocycles. The van der Waals surface area contributed by atoms with Crippen LogP contribution in [0.25, 0.3) is 22.1 Å². The first kappa shape index (κ1) is 40.7. The van der Waals surface area contributed by atoms with Crippen LogP contribution in [0.3, 0.4) is 0 Å². The molecule has 8 heterocycles. The van der Waals surface area contributed by atoms with Gasteiger partial charge in [0.25, 0.3) is 11.1 Å². The van der Waals surface area contributed by atoms with Gasteiger partial charge in [-0.05, 0) is 81.2 Å². The number of nitrogens with zero attached hydrogens (tertiary/aromatic N) is 10. The largest absolute Gasteiger partial charge is 0.423 e. The number of aromatic nitrogens is 8. The van der Waals surface area contributed by atoms with E-state index < -0.39 is 5.56 Å². The minimum Gasteiger partial charge on any atom is -0.423 e. The Morgan fingerprint density at radius 2 is 1.10 bits per heavy atom. The van der Waals surface area contributed by atoms with Crippen molar-refractivity contribution in [2.75, 3.05) is 46.6 Å². The molecule has 16 nitrogen and oxygen atoms in total. The highest BCUT2D eigenvalue weighted by Gasteiger charge is 2.17. The number of aryl methyl sites for hydroxylation is 2. The second kappa shape index (κ2) is 18.9. The van der Waals surface area contributed by atoms with E-state index in [4.69, 9.17) is 4.84 Å². The molecule has 61 heavy (non-hydrogen) atoms. The maximum absolute atomic E-state index is 12.9. The molecule has 314 valence electrons. The fraction of sp³-hybridized carbons (Fsp3) is 0.333. The summed E-state index contributed by atoms with van der Waals surface area (Å²) in [5.41, 5.74) is 5.54. The maximum atomic E-state index is 12.9. The van der Waals surface area contributed by atoms with Crippen LogP contribution in [0.4, 0.5) is 23.0 Å². The van der Waals surface area contributed by atoms with Crippen LogP contribution in [-0.2, 0) is 19.7 Å². The van der Waals surface area contributed by atoms with E-state index in [1.807, 2.05) is 68.7 Å². The van der Waals surface area contributed by atoms with Gasteiger partial charge in [0.15, 0.2) is 11.3 Å². The molecule has 0 saturated carbocycles. The van der Waals surface area contributed by atoms with Gasteiger partial charge in [-0.3, -0.25) is 9.59 Å². The molecule has 2 aliphatic rings. The molecule has 16 heteroatoms. The second-order valence-corrected chi connectivity index (χ2v) is 15.3. The lowest BCUT2D eigenvalue weighted by Crippen LogP contribution is -2.30. The van der Waals surface area contributed by atoms with Crippen molar-refractivity contribution < 1.29 is 10.0 Å². The van der Waals surface area contributed by atoms with Crippen LogP contribution in [0.15, 0.2) is 101 Å². The lowest BCUT2D eigenvalue weighted by molar-refractivity contribution is 0.0979. The first-order chi connectivity index (χ1) is 29.8. The molecule has 3 N–H and O–H groups in total. The first-order valence-corrected chi connectivity index (χ1v) is 20.8. The fourth-order valence-corrected chi connectivity index (χ4v) is 7.76. The topological polar surface area (TPSA) is 181 Å². The molecule has 2 fully saturated rings. The standard InChI is InChI=1S/C26H28N6O2.C19H22N6O2/c1-19-25-22(27-15-21-10-11-23(28-16-21)31-12-6-3-7-13-31)14-24(33)32(26(25)30-18-29-19)34-17-20-8-4-2-5-9-20;1-13-18-15(9-17(26)25(27)19(18)23-12-22-13)20-10-14-5-6-16(21-11-14)24-7-3-2-4-8-24/h2,4-5,8-11,14,16,18,27H,3,6-7,12-13,15,17H2,1H3;5-6,9,11-12,20,27H,2-4,7-8,10H2,1H3. The second-order valence-electron chi connectivity index (χ2n) is 15.3. The van der Waals surface area contributed by atoms with Gasteiger partial charge < -0.3 is 30.5 Å². The molecule has 0 bridgehead atoms. The molecule has 6 aromatic heterocycles. The van der Waals surface area contributed by atoms with Crippen LogP contribution in [0.1, 0.15) is 66.6 Å². The van der Waals surface area contributed by atoms with Crippen molar-refractivity contribution in [2.24, 2.45) is 0 Å². The average Bonchev–Trinajstić information content (AvgIpc) is 3.30. The third-order valence-corrected chi connectivity index (χ3v) is 11.1. The predicted octanol–water partition coefficient (Wildman–Crippen LogP) is 6.06. The van der Waals surface area contributed by atoms with Crippen molar-refractivity contribution in [3.63, 3.8) is 0 Å². The SMILES string of the molecule is Cc1ncnc2c1c(NCc1ccc(N3CCCCC3)nc1)cc(=O)n2O.Cc1ncnc2c1c(NCc1ccc(N3CCCCC3)nc1)cc(=O)n2OCc1ccccc1. The van der Waals surface area contributed by atoms with E-state index >= 15 is 0 Å². The van der Waals surface area contributed by atoms with Crippen molar-refractivity contribution in [1.82, 2.24) is 39.4 Å². The molecular formula is C45H50N12O4. The van der Waals surface area contributed by atoms with E-state index in [0.717, 1.165) is 65.6 Å². The molecule has 0 amide bonds. The Morgan fingerprint density at radius 3 is 1.62 bits per heavy atom. The van der Waals surface area contributed by atoms with Crippen molar-refractivity contribution in [3.05, 3.63) is 141 Å². The monoisotopic (exact) mass is 822 g/mol. The summed E-state index contributed by atoms with van der Waals surface area (Å²) in [7, 11) is 0. The van der Waals surface area contributed by atoms with Crippen molar-refractivity contribution in [2.45, 2.75) is 72.1 Å². The number of fused-ring (bicyclic) bond motifs is 2. The van der Waals surface area contributed by atoms with E-state index in [1.165, 1.54) is 62.0 Å². The smallest absolute Gasteiger partial charge is 0.287 e. The zero-order chi connectivity index (χ0) is 42.1. The Labute approximate surface area is 352 Å². The molecular weight excluding hydrogens is 773 g/mol. The Hall–Kier alpha value is -7.10. The van der Waals surface area contributed by atoms with Gasteiger partial charge in [-0.15, -0.1) is 9.46 Å². The lowest BCUT2D eigenvalue weighted by atomic mass is 10.1. The van der Waals surface area contributed by atoms with Crippen LogP contribution in [0, 0.1) is 13.8 Å². The van der Waals surface area contributed by atoms with Gasteiger partial charge >= 0.3 is 0 Å². The molecule has 0 spiro atoms. The lowest BCUT2D eigenvalue weighted by Gasteiger charge is -2.27. The average molecular weight is 823 g/mol. The highest BCUT2D eigenvalue weighted by molar-refractivity contribution is 5.91. The van der Waals surface area contributed by atoms with E-state index in [9.17, 15) is 14.8 Å². The van der Waals surface area contributed by atoms with E-state index in [1.54, 1.807) is 6.07 Å². The number of rotatable bonds is 11. The van der Waals surface area contributed by atoms with Crippen LogP contribution >= 0.6 is 0 Å². The Kier molecular flexibility index (Phi) is 12.6. The van der Waals surface area contributed by atoms with E-state index in [-0.39, 0.29) is 17.8 Å². The summed E-state index contributed by atoms with van der Waals surface area (Å²) in [5, 5.41) is 17.9. The van der Waals surface area contributed by atoms with Gasteiger partial charge in [0.1, 0.15) is 30.9 Å².